The Morgan fingerprint density at radius 3 is 1.56 bits per heavy atom. The molecule has 0 saturated heterocycles. The van der Waals surface area contributed by atoms with Gasteiger partial charge in [0.25, 0.3) is 0 Å². The van der Waals surface area contributed by atoms with Crippen LogP contribution in [-0.4, -0.2) is 35.5 Å². The third-order valence-electron chi connectivity index (χ3n) is 7.08. The molecule has 0 saturated carbocycles. The van der Waals surface area contributed by atoms with Crippen molar-refractivity contribution in [2.24, 2.45) is 0 Å². The van der Waals surface area contributed by atoms with Crippen molar-refractivity contribution in [2.75, 3.05) is 11.1 Å². The van der Waals surface area contributed by atoms with E-state index in [1.54, 1.807) is 119 Å². The number of hydrogen-bond donors (Lipinski definition) is 2. The van der Waals surface area contributed by atoms with Gasteiger partial charge in [-0.05, 0) is 84.9 Å². The first kappa shape index (κ1) is 42.9. The van der Waals surface area contributed by atoms with Crippen molar-refractivity contribution in [1.82, 2.24) is 29.9 Å². The molecule has 0 atom stereocenters. The monoisotopic (exact) mass is 780 g/mol. The largest absolute Gasteiger partial charge is 1.00 e. The molecule has 0 aliphatic heterocycles. The number of aromatic nitrogens is 6. The Morgan fingerprint density at radius 2 is 1.07 bits per heavy atom. The molecular formula is C42H36ClF2KN8O. The Balaban J connectivity index is 0.000000190. The van der Waals surface area contributed by atoms with Gasteiger partial charge >= 0.3 is 51.4 Å². The Bertz CT molecular complexity index is 2430. The van der Waals surface area contributed by atoms with E-state index < -0.39 is 5.60 Å². The van der Waals surface area contributed by atoms with Gasteiger partial charge in [-0.25, -0.2) is 28.7 Å². The van der Waals surface area contributed by atoms with Gasteiger partial charge in [0.2, 0.25) is 0 Å². The molecular weight excluding hydrogens is 745 g/mol. The summed E-state index contributed by atoms with van der Waals surface area (Å²) in [6.45, 7) is 4.90. The summed E-state index contributed by atoms with van der Waals surface area (Å²) in [4.78, 5) is 25.1. The Hall–Kier alpha value is -4.79. The molecule has 0 unspecified atom stereocenters. The topological polar surface area (TPSA) is 138 Å². The molecule has 9 nitrogen and oxygen atoms in total. The van der Waals surface area contributed by atoms with Crippen LogP contribution in [0, 0.1) is 11.6 Å². The van der Waals surface area contributed by atoms with E-state index in [4.69, 9.17) is 17.3 Å². The molecule has 0 radical (unpaired) electrons. The summed E-state index contributed by atoms with van der Waals surface area (Å²) in [5.74, 6) is -0.633. The summed E-state index contributed by atoms with van der Waals surface area (Å²) >= 11 is 6.16. The number of nitrogens with zero attached hydrogens (tertiary/aromatic N) is 6. The molecule has 2 aromatic carbocycles. The van der Waals surface area contributed by atoms with Crippen LogP contribution in [0.25, 0.3) is 44.6 Å². The zero-order valence-corrected chi connectivity index (χ0v) is 34.5. The quantitative estimate of drug-likeness (QED) is 0.192. The van der Waals surface area contributed by atoms with Gasteiger partial charge in [-0.2, -0.15) is 0 Å². The first-order valence-corrected chi connectivity index (χ1v) is 17.0. The van der Waals surface area contributed by atoms with E-state index in [0.29, 0.717) is 38.8 Å². The third-order valence-corrected chi connectivity index (χ3v) is 7.40. The molecule has 0 aliphatic carbocycles. The molecule has 0 spiro atoms. The zero-order valence-electron chi connectivity index (χ0n) is 30.7. The average Bonchev–Trinajstić information content (AvgIpc) is 3.16. The molecule has 6 heterocycles. The van der Waals surface area contributed by atoms with Crippen LogP contribution >= 0.6 is 11.6 Å². The maximum Gasteiger partial charge on any atom is 1.00 e. The number of anilines is 3. The van der Waals surface area contributed by atoms with Crippen molar-refractivity contribution in [3.05, 3.63) is 163 Å². The van der Waals surface area contributed by atoms with Crippen molar-refractivity contribution in [1.29, 1.82) is 0 Å². The number of fused-ring (bicyclic) bond motifs is 2. The molecule has 8 aromatic rings. The zero-order chi connectivity index (χ0) is 38.5. The average molecular weight is 781 g/mol. The number of pyridine rings is 6. The summed E-state index contributed by atoms with van der Waals surface area (Å²) in [6, 6.07) is 31.2. The van der Waals surface area contributed by atoms with Crippen LogP contribution in [0.4, 0.5) is 25.8 Å². The van der Waals surface area contributed by atoms with Crippen LogP contribution in [-0.2, 0) is 0 Å². The Morgan fingerprint density at radius 1 is 0.618 bits per heavy atom. The number of benzene rings is 2. The van der Waals surface area contributed by atoms with Gasteiger partial charge in [0.1, 0.15) is 11.6 Å². The van der Waals surface area contributed by atoms with Crippen molar-refractivity contribution in [3.8, 4) is 22.5 Å². The normalized spacial score (nSPS) is 10.4. The molecule has 6 aromatic heterocycles. The van der Waals surface area contributed by atoms with E-state index >= 15 is 0 Å². The number of rotatable bonds is 4. The maximum absolute atomic E-state index is 14.1. The van der Waals surface area contributed by atoms with Crippen LogP contribution < -0.4 is 67.5 Å². The van der Waals surface area contributed by atoms with Crippen LogP contribution in [0.5, 0.6) is 0 Å². The second-order valence-electron chi connectivity index (χ2n) is 12.5. The molecule has 0 bridgehead atoms. The van der Waals surface area contributed by atoms with Gasteiger partial charge in [0.15, 0.2) is 11.3 Å². The molecule has 3 N–H and O–H groups in total. The molecule has 272 valence electrons. The fourth-order valence-electron chi connectivity index (χ4n) is 4.75. The van der Waals surface area contributed by atoms with E-state index in [2.05, 4.69) is 35.2 Å². The van der Waals surface area contributed by atoms with Crippen LogP contribution in [0.2, 0.25) is 5.02 Å². The van der Waals surface area contributed by atoms with Gasteiger partial charge in [-0.15, -0.1) is 5.60 Å². The summed E-state index contributed by atoms with van der Waals surface area (Å²) < 4.78 is 27.8. The van der Waals surface area contributed by atoms with E-state index in [0.717, 1.165) is 27.8 Å². The summed E-state index contributed by atoms with van der Waals surface area (Å²) in [7, 11) is 0. The minimum atomic E-state index is -0.750. The molecule has 0 fully saturated rings. The fourth-order valence-corrected chi connectivity index (χ4v) is 5.00. The molecule has 55 heavy (non-hydrogen) atoms. The number of nitrogens with one attached hydrogen (secondary N) is 1. The van der Waals surface area contributed by atoms with Crippen LogP contribution in [0.3, 0.4) is 0 Å². The number of hydrogen-bond acceptors (Lipinski definition) is 9. The van der Waals surface area contributed by atoms with Gasteiger partial charge < -0.3 is 16.2 Å². The fraction of sp³-hybridized carbons (Fsp3) is 0.0952. The van der Waals surface area contributed by atoms with Crippen molar-refractivity contribution < 1.29 is 65.3 Å². The number of halogens is 3. The van der Waals surface area contributed by atoms with E-state index in [1.807, 2.05) is 36.4 Å². The summed E-state index contributed by atoms with van der Waals surface area (Å²) in [5, 5.41) is 15.6. The molecule has 8 rings (SSSR count). The van der Waals surface area contributed by atoms with Crippen LogP contribution in [0.1, 0.15) is 20.8 Å². The van der Waals surface area contributed by atoms with Crippen molar-refractivity contribution in [2.45, 2.75) is 26.4 Å². The summed E-state index contributed by atoms with van der Waals surface area (Å²) in [5.41, 5.74) is 10.0. The second-order valence-corrected chi connectivity index (χ2v) is 12.9. The van der Waals surface area contributed by atoms with Crippen molar-refractivity contribution in [3.63, 3.8) is 0 Å². The minimum absolute atomic E-state index is 0. The minimum Gasteiger partial charge on any atom is -0.850 e. The summed E-state index contributed by atoms with van der Waals surface area (Å²) in [6.07, 6.45) is 10.1. The van der Waals surface area contributed by atoms with E-state index in [-0.39, 0.29) is 63.0 Å². The van der Waals surface area contributed by atoms with Gasteiger partial charge in [-0.1, -0.05) is 56.6 Å². The Kier molecular flexibility index (Phi) is 16.2. The molecule has 0 amide bonds. The van der Waals surface area contributed by atoms with E-state index in [9.17, 15) is 13.9 Å². The standard InChI is InChI=1S/C19H13FN4.C14H8ClFN2.C5H6N2.C4H9O.K/c20-16-6-2-1-4-14(16)17-12-18(23-13-7-10-21-11-8-13)15-5-3-9-22-19(15)24-17;15-11-8-13(10-4-1-2-6-12(10)16)18-14-9(11)5-3-7-17-14;6-5-1-3-7-4-2-5;1-4(2,3)5;/h1-12H,(H,21,22,23,24);1-8H;1-4H,(H2,6,7);1-3H3;/q;;;-1;+1. The van der Waals surface area contributed by atoms with Crippen molar-refractivity contribution >= 4 is 50.7 Å². The smallest absolute Gasteiger partial charge is 0.850 e. The van der Waals surface area contributed by atoms with Gasteiger partial charge in [0.05, 0.1) is 22.1 Å². The first-order chi connectivity index (χ1) is 26.0. The second kappa shape index (κ2) is 20.8. The Labute approximate surface area is 365 Å². The predicted octanol–water partition coefficient (Wildman–Crippen LogP) is 6.48. The maximum atomic E-state index is 14.1. The van der Waals surface area contributed by atoms with E-state index in [1.165, 1.54) is 12.1 Å². The molecule has 0 aliphatic rings. The van der Waals surface area contributed by atoms with Gasteiger partial charge in [-0.3, -0.25) is 9.97 Å². The third kappa shape index (κ3) is 13.2. The predicted molar refractivity (Wildman–Crippen MR) is 211 cm³/mol. The first-order valence-electron chi connectivity index (χ1n) is 16.7. The number of nitrogen functional groups attached to an aromatic ring is 1. The SMILES string of the molecule is CC(C)(C)[O-].Fc1ccccc1-c1cc(Cl)c2cccnc2n1.Fc1ccccc1-c1cc(Nc2ccncc2)c2cccnc2n1.Nc1ccncc1.[K+]. The molecule has 13 heteroatoms. The van der Waals surface area contributed by atoms with Crippen LogP contribution in [0.15, 0.2) is 146 Å². The van der Waals surface area contributed by atoms with Gasteiger partial charge in [0, 0.05) is 70.5 Å². The number of nitrogens with two attached hydrogens (primary N) is 1.